The molecule has 2 N–H and O–H groups in total. The maximum absolute atomic E-state index is 13.5. The monoisotopic (exact) mass is 542 g/mol. The maximum Gasteiger partial charge on any atom is 0.282 e. The molecule has 1 aromatic heterocycles. The SMILES string of the molecule is CC#CCn1c2c(c(C#N)c1N1CCC[C@@H](N)C1)N=IN(CC(=O)c1ccccc1)C2=O. The number of carbonyl (C=O) groups is 2. The molecule has 0 bridgehead atoms. The zero-order valence-electron chi connectivity index (χ0n) is 17.7. The Morgan fingerprint density at radius 2 is 2.12 bits per heavy atom. The van der Waals surface area contributed by atoms with Gasteiger partial charge in [-0.05, 0) is 19.8 Å². The third-order valence-corrected chi connectivity index (χ3v) is 7.51. The number of Topliss-reactive ketones (excluding diaryl/α,β-unsaturated/α-hetero) is 1. The van der Waals surface area contributed by atoms with Gasteiger partial charge in [-0.1, -0.05) is 36.3 Å². The number of nitrogens with two attached hydrogens (primary N) is 1. The maximum atomic E-state index is 13.5. The molecule has 0 spiro atoms. The number of aromatic nitrogens is 1. The summed E-state index contributed by atoms with van der Waals surface area (Å²) in [5.74, 6) is 6.15. The number of halogens is 1. The van der Waals surface area contributed by atoms with Crippen LogP contribution in [0, 0.1) is 23.2 Å². The van der Waals surface area contributed by atoms with Crippen LogP contribution in [0.5, 0.6) is 0 Å². The molecule has 9 heteroatoms. The van der Waals surface area contributed by atoms with Gasteiger partial charge in [0.2, 0.25) is 0 Å². The summed E-state index contributed by atoms with van der Waals surface area (Å²) in [6.07, 6.45) is 1.84. The summed E-state index contributed by atoms with van der Waals surface area (Å²) in [5.41, 5.74) is 7.92. The van der Waals surface area contributed by atoms with Crippen molar-refractivity contribution in [1.82, 2.24) is 7.68 Å². The number of nitrogens with zero attached hydrogens (tertiary/aromatic N) is 5. The lowest BCUT2D eigenvalue weighted by Crippen LogP contribution is -2.44. The molecule has 4 rings (SSSR count). The van der Waals surface area contributed by atoms with E-state index in [2.05, 4.69) is 26.0 Å². The number of hydrogen-bond acceptors (Lipinski definition) is 6. The van der Waals surface area contributed by atoms with Crippen LogP contribution in [0.4, 0.5) is 11.5 Å². The molecular weight excluding hydrogens is 519 g/mol. The molecule has 2 aliphatic rings. The van der Waals surface area contributed by atoms with Crippen molar-refractivity contribution in [1.29, 1.82) is 5.26 Å². The van der Waals surface area contributed by atoms with Crippen LogP contribution in [0.1, 0.15) is 46.2 Å². The van der Waals surface area contributed by atoms with E-state index < -0.39 is 21.3 Å². The minimum atomic E-state index is -1.13. The Balaban J connectivity index is 1.74. The van der Waals surface area contributed by atoms with Gasteiger partial charge in [0.25, 0.3) is 5.91 Å². The lowest BCUT2D eigenvalue weighted by Gasteiger charge is -2.33. The molecule has 1 saturated heterocycles. The first-order chi connectivity index (χ1) is 15.5. The molecular formula is C23H23IN6O2. The van der Waals surface area contributed by atoms with E-state index in [1.807, 2.05) is 6.07 Å². The van der Waals surface area contributed by atoms with Gasteiger partial charge in [-0.3, -0.25) is 12.7 Å². The zero-order chi connectivity index (χ0) is 22.7. The highest BCUT2D eigenvalue weighted by molar-refractivity contribution is 14.1. The highest BCUT2D eigenvalue weighted by Gasteiger charge is 2.36. The van der Waals surface area contributed by atoms with Gasteiger partial charge in [0, 0.05) is 24.7 Å². The quantitative estimate of drug-likeness (QED) is 0.270. The van der Waals surface area contributed by atoms with Crippen LogP contribution in [0.3, 0.4) is 0 Å². The van der Waals surface area contributed by atoms with E-state index >= 15 is 0 Å². The number of rotatable bonds is 5. The molecule has 1 aromatic carbocycles. The number of amides is 1. The molecule has 2 aromatic rings. The number of hydrogen-bond donors (Lipinski definition) is 1. The minimum absolute atomic E-state index is 0.00740. The van der Waals surface area contributed by atoms with Gasteiger partial charge in [0.05, 0.1) is 13.1 Å². The summed E-state index contributed by atoms with van der Waals surface area (Å²) in [6.45, 7) is 3.33. The molecule has 0 radical (unpaired) electrons. The molecule has 164 valence electrons. The molecule has 0 aliphatic carbocycles. The number of piperidine rings is 1. The molecule has 2 aliphatic heterocycles. The van der Waals surface area contributed by atoms with Gasteiger partial charge >= 0.3 is 0 Å². The van der Waals surface area contributed by atoms with Crippen LogP contribution in [-0.4, -0.2) is 45.0 Å². The van der Waals surface area contributed by atoms with E-state index in [0.29, 0.717) is 34.9 Å². The van der Waals surface area contributed by atoms with Crippen LogP contribution in [0.2, 0.25) is 0 Å². The average Bonchev–Trinajstić information content (AvgIpc) is 3.14. The Hall–Kier alpha value is -3.02. The van der Waals surface area contributed by atoms with Crippen LogP contribution < -0.4 is 10.6 Å². The summed E-state index contributed by atoms with van der Waals surface area (Å²) in [4.78, 5) is 28.3. The van der Waals surface area contributed by atoms with Gasteiger partial charge in [0.1, 0.15) is 50.1 Å². The molecule has 1 fully saturated rings. The topological polar surface area (TPSA) is 108 Å². The van der Waals surface area contributed by atoms with Crippen LogP contribution in [-0.2, 0) is 6.54 Å². The Morgan fingerprint density at radius 3 is 2.81 bits per heavy atom. The van der Waals surface area contributed by atoms with Crippen molar-refractivity contribution >= 4 is 44.5 Å². The van der Waals surface area contributed by atoms with Crippen LogP contribution >= 0.6 is 21.3 Å². The molecule has 1 amide bonds. The van der Waals surface area contributed by atoms with E-state index in [4.69, 9.17) is 5.73 Å². The van der Waals surface area contributed by atoms with Crippen LogP contribution in [0.25, 0.3) is 0 Å². The predicted molar refractivity (Wildman–Crippen MR) is 130 cm³/mol. The van der Waals surface area contributed by atoms with Crippen molar-refractivity contribution in [3.05, 3.63) is 47.2 Å². The molecule has 1 atom stereocenters. The van der Waals surface area contributed by atoms with E-state index in [9.17, 15) is 14.9 Å². The number of carbonyl (C=O) groups excluding carboxylic acids is 2. The summed E-state index contributed by atoms with van der Waals surface area (Å²) in [5, 5.41) is 9.97. The van der Waals surface area contributed by atoms with Crippen molar-refractivity contribution in [3.8, 4) is 17.9 Å². The standard InChI is InChI=1S/C23H23IN6O2/c1-2-3-12-29-21-20(18(13-25)22(29)28-11-7-10-17(26)14-28)27-24-30(23(21)32)15-19(31)16-8-5-4-6-9-16/h4-6,8-9,17H,7,10-12,14-15,26H2,1H3/t17-/m1/s1. The van der Waals surface area contributed by atoms with E-state index in [1.54, 1.807) is 35.8 Å². The minimum Gasteiger partial charge on any atom is -0.355 e. The molecule has 32 heavy (non-hydrogen) atoms. The van der Waals surface area contributed by atoms with Gasteiger partial charge in [-0.15, -0.1) is 5.92 Å². The van der Waals surface area contributed by atoms with E-state index in [-0.39, 0.29) is 30.8 Å². The Labute approximate surface area is 197 Å². The summed E-state index contributed by atoms with van der Waals surface area (Å²) in [7, 11) is 0. The van der Waals surface area contributed by atoms with Gasteiger partial charge in [-0.2, -0.15) is 5.26 Å². The lowest BCUT2D eigenvalue weighted by molar-refractivity contribution is 0.0832. The first-order valence-electron chi connectivity index (χ1n) is 10.4. The first-order valence-corrected chi connectivity index (χ1v) is 12.3. The highest BCUT2D eigenvalue weighted by Crippen LogP contribution is 2.43. The van der Waals surface area contributed by atoms with Crippen molar-refractivity contribution < 1.29 is 9.59 Å². The van der Waals surface area contributed by atoms with Gasteiger partial charge < -0.3 is 15.2 Å². The van der Waals surface area contributed by atoms with Crippen molar-refractivity contribution in [2.24, 2.45) is 8.88 Å². The summed E-state index contributed by atoms with van der Waals surface area (Å²) in [6, 6.07) is 11.2. The van der Waals surface area contributed by atoms with Crippen molar-refractivity contribution in [2.45, 2.75) is 32.4 Å². The van der Waals surface area contributed by atoms with Crippen LogP contribution in [0.15, 0.2) is 33.5 Å². The van der Waals surface area contributed by atoms with Gasteiger partial charge in [0.15, 0.2) is 5.78 Å². The fourth-order valence-electron chi connectivity index (χ4n) is 4.01. The second-order valence-corrected chi connectivity index (χ2v) is 9.72. The Morgan fingerprint density at radius 1 is 1.34 bits per heavy atom. The summed E-state index contributed by atoms with van der Waals surface area (Å²) < 4.78 is 7.97. The van der Waals surface area contributed by atoms with Crippen molar-refractivity contribution in [3.63, 3.8) is 0 Å². The predicted octanol–water partition coefficient (Wildman–Crippen LogP) is 3.35. The molecule has 8 nitrogen and oxygen atoms in total. The molecule has 3 heterocycles. The third-order valence-electron chi connectivity index (χ3n) is 5.51. The largest absolute Gasteiger partial charge is 0.355 e. The zero-order valence-corrected chi connectivity index (χ0v) is 19.9. The number of ketones is 1. The molecule has 0 saturated carbocycles. The Bertz CT molecular complexity index is 1190. The number of benzene rings is 1. The Kier molecular flexibility index (Phi) is 6.68. The van der Waals surface area contributed by atoms with Crippen molar-refractivity contribution in [2.75, 3.05) is 24.5 Å². The second-order valence-electron chi connectivity index (χ2n) is 7.64. The molecule has 0 unspecified atom stereocenters. The first kappa shape index (κ1) is 22.2. The summed E-state index contributed by atoms with van der Waals surface area (Å²) >= 11 is -1.13. The third kappa shape index (κ3) is 4.18. The number of fused-ring (bicyclic) bond motifs is 1. The second kappa shape index (κ2) is 9.63. The normalized spacial score (nSPS) is 17.7. The fraction of sp³-hybridized carbons (Fsp3) is 0.348. The lowest BCUT2D eigenvalue weighted by atomic mass is 10.1. The smallest absolute Gasteiger partial charge is 0.282 e. The highest BCUT2D eigenvalue weighted by atomic mass is 127. The number of nitriles is 1. The average molecular weight is 542 g/mol. The fourth-order valence-corrected chi connectivity index (χ4v) is 5.84. The van der Waals surface area contributed by atoms with Gasteiger partial charge in [-0.25, -0.2) is 3.15 Å². The van der Waals surface area contributed by atoms with E-state index in [1.165, 1.54) is 3.11 Å². The number of anilines is 1. The van der Waals surface area contributed by atoms with E-state index in [0.717, 1.165) is 19.4 Å².